The van der Waals surface area contributed by atoms with E-state index in [4.69, 9.17) is 9.47 Å². The highest BCUT2D eigenvalue weighted by atomic mass is 16.7. The number of ether oxygens (including phenoxy) is 2. The first kappa shape index (κ1) is 19.9. The molecule has 31 heavy (non-hydrogen) atoms. The molecule has 0 bridgehead atoms. The number of benzene rings is 2. The predicted octanol–water partition coefficient (Wildman–Crippen LogP) is 4.28. The van der Waals surface area contributed by atoms with Crippen LogP contribution in [0.2, 0.25) is 0 Å². The molecule has 2 aromatic carbocycles. The molecule has 1 saturated carbocycles. The second-order valence-corrected chi connectivity index (χ2v) is 8.73. The van der Waals surface area contributed by atoms with Gasteiger partial charge in [-0.2, -0.15) is 0 Å². The van der Waals surface area contributed by atoms with E-state index in [0.29, 0.717) is 25.8 Å². The summed E-state index contributed by atoms with van der Waals surface area (Å²) in [4.78, 5) is 27.9. The largest absolute Gasteiger partial charge is 0.454 e. The molecule has 6 heteroatoms. The van der Waals surface area contributed by atoms with Crippen molar-refractivity contribution < 1.29 is 19.1 Å². The molecule has 0 spiro atoms. The van der Waals surface area contributed by atoms with Gasteiger partial charge in [0.05, 0.1) is 0 Å². The number of para-hydroxylation sites is 1. The molecule has 2 amide bonds. The van der Waals surface area contributed by atoms with E-state index in [1.165, 1.54) is 0 Å². The van der Waals surface area contributed by atoms with E-state index in [0.717, 1.165) is 54.0 Å². The van der Waals surface area contributed by atoms with E-state index in [-0.39, 0.29) is 30.6 Å². The topological polar surface area (TPSA) is 67.9 Å². The summed E-state index contributed by atoms with van der Waals surface area (Å²) in [6, 6.07) is 14.1. The number of rotatable bonds is 6. The van der Waals surface area contributed by atoms with Crippen LogP contribution in [-0.4, -0.2) is 29.5 Å². The molecule has 3 aliphatic rings. The van der Waals surface area contributed by atoms with Gasteiger partial charge in [-0.25, -0.2) is 0 Å². The van der Waals surface area contributed by atoms with Crippen LogP contribution >= 0.6 is 0 Å². The number of hydrogen-bond donors (Lipinski definition) is 1. The monoisotopic (exact) mass is 420 g/mol. The third kappa shape index (κ3) is 4.24. The second kappa shape index (κ2) is 8.61. The molecule has 5 rings (SSSR count). The minimum atomic E-state index is -0.158. The minimum Gasteiger partial charge on any atom is -0.454 e. The van der Waals surface area contributed by atoms with Crippen molar-refractivity contribution in [3.05, 3.63) is 53.6 Å². The smallest absolute Gasteiger partial charge is 0.231 e. The van der Waals surface area contributed by atoms with Crippen molar-refractivity contribution in [1.82, 2.24) is 4.90 Å². The fraction of sp³-hybridized carbons (Fsp3) is 0.440. The number of amides is 2. The third-order valence-electron chi connectivity index (χ3n) is 6.69. The zero-order valence-corrected chi connectivity index (χ0v) is 17.6. The van der Waals surface area contributed by atoms with Gasteiger partial charge < -0.3 is 19.7 Å². The molecule has 1 atom stereocenters. The molecule has 162 valence electrons. The van der Waals surface area contributed by atoms with Crippen molar-refractivity contribution in [1.29, 1.82) is 0 Å². The van der Waals surface area contributed by atoms with Crippen LogP contribution in [0.4, 0.5) is 5.69 Å². The molecule has 1 fully saturated rings. The molecular formula is C25H28N2O4. The SMILES string of the molecule is O=C1Nc2ccccc2CC1CCC(=O)N(Cc1ccc2c(c1)OCO2)C1CCCC1. The summed E-state index contributed by atoms with van der Waals surface area (Å²) in [6.45, 7) is 0.816. The fourth-order valence-electron chi connectivity index (χ4n) is 4.96. The maximum absolute atomic E-state index is 13.3. The number of nitrogens with zero attached hydrogens (tertiary/aromatic N) is 1. The average Bonchev–Trinajstić information content (AvgIpc) is 3.47. The highest BCUT2D eigenvalue weighted by molar-refractivity contribution is 5.96. The molecule has 0 radical (unpaired) electrons. The lowest BCUT2D eigenvalue weighted by Crippen LogP contribution is -2.39. The minimum absolute atomic E-state index is 0.0229. The maximum Gasteiger partial charge on any atom is 0.231 e. The van der Waals surface area contributed by atoms with Gasteiger partial charge in [0.25, 0.3) is 0 Å². The zero-order valence-electron chi connectivity index (χ0n) is 17.6. The molecule has 0 saturated heterocycles. The molecule has 2 aliphatic heterocycles. The summed E-state index contributed by atoms with van der Waals surface area (Å²) in [5, 5.41) is 2.99. The van der Waals surface area contributed by atoms with E-state index in [1.807, 2.05) is 47.4 Å². The van der Waals surface area contributed by atoms with E-state index in [1.54, 1.807) is 0 Å². The van der Waals surface area contributed by atoms with E-state index < -0.39 is 0 Å². The highest BCUT2D eigenvalue weighted by Crippen LogP contribution is 2.34. The lowest BCUT2D eigenvalue weighted by molar-refractivity contribution is -0.134. The second-order valence-electron chi connectivity index (χ2n) is 8.73. The van der Waals surface area contributed by atoms with E-state index in [2.05, 4.69) is 5.32 Å². The Morgan fingerprint density at radius 1 is 1.06 bits per heavy atom. The summed E-state index contributed by atoms with van der Waals surface area (Å²) >= 11 is 0. The van der Waals surface area contributed by atoms with Gasteiger partial charge in [0.15, 0.2) is 11.5 Å². The third-order valence-corrected chi connectivity index (χ3v) is 6.69. The first-order chi connectivity index (χ1) is 15.2. The van der Waals surface area contributed by atoms with Crippen LogP contribution < -0.4 is 14.8 Å². The number of hydrogen-bond acceptors (Lipinski definition) is 4. The van der Waals surface area contributed by atoms with Gasteiger partial charge in [-0.05, 0) is 55.0 Å². The molecule has 6 nitrogen and oxygen atoms in total. The number of fused-ring (bicyclic) bond motifs is 2. The van der Waals surface area contributed by atoms with Gasteiger partial charge in [-0.15, -0.1) is 0 Å². The summed E-state index contributed by atoms with van der Waals surface area (Å²) in [5.74, 6) is 1.50. The first-order valence-corrected chi connectivity index (χ1v) is 11.2. The normalized spacial score (nSPS) is 19.7. The van der Waals surface area contributed by atoms with Crippen LogP contribution in [0.25, 0.3) is 0 Å². The molecule has 1 N–H and O–H groups in total. The van der Waals surface area contributed by atoms with Crippen molar-refractivity contribution in [2.24, 2.45) is 5.92 Å². The number of carbonyl (C=O) groups excluding carboxylic acids is 2. The number of nitrogens with one attached hydrogen (secondary N) is 1. The Labute approximate surface area is 182 Å². The van der Waals surface area contributed by atoms with Crippen LogP contribution in [0.5, 0.6) is 11.5 Å². The molecule has 1 unspecified atom stereocenters. The molecule has 2 heterocycles. The van der Waals surface area contributed by atoms with Crippen LogP contribution in [0.15, 0.2) is 42.5 Å². The van der Waals surface area contributed by atoms with Crippen LogP contribution in [0.1, 0.15) is 49.7 Å². The summed E-state index contributed by atoms with van der Waals surface area (Å²) in [6.07, 6.45) is 6.08. The Bertz CT molecular complexity index is 983. The van der Waals surface area contributed by atoms with Gasteiger partial charge in [0.1, 0.15) is 0 Å². The van der Waals surface area contributed by atoms with Gasteiger partial charge in [0, 0.05) is 30.6 Å². The van der Waals surface area contributed by atoms with Crippen molar-refractivity contribution in [3.63, 3.8) is 0 Å². The Morgan fingerprint density at radius 3 is 2.74 bits per heavy atom. The Morgan fingerprint density at radius 2 is 1.87 bits per heavy atom. The standard InChI is InChI=1S/C25H28N2O4/c28-24(12-10-19-14-18-5-1-4-8-21(18)26-25(19)29)27(20-6-2-3-7-20)15-17-9-11-22-23(13-17)31-16-30-22/h1,4-5,8-9,11,13,19-20H,2-3,6-7,10,12,14-16H2,(H,26,29). The number of carbonyl (C=O) groups is 2. The predicted molar refractivity (Wildman–Crippen MR) is 117 cm³/mol. The fourth-order valence-corrected chi connectivity index (χ4v) is 4.96. The van der Waals surface area contributed by atoms with E-state index >= 15 is 0 Å². The molecule has 2 aromatic rings. The molecule has 1 aliphatic carbocycles. The lowest BCUT2D eigenvalue weighted by atomic mass is 9.89. The van der Waals surface area contributed by atoms with Gasteiger partial charge in [-0.3, -0.25) is 9.59 Å². The summed E-state index contributed by atoms with van der Waals surface area (Å²) < 4.78 is 10.9. The van der Waals surface area contributed by atoms with Gasteiger partial charge in [0.2, 0.25) is 18.6 Å². The quantitative estimate of drug-likeness (QED) is 0.758. The van der Waals surface area contributed by atoms with Crippen molar-refractivity contribution in [3.8, 4) is 11.5 Å². The maximum atomic E-state index is 13.3. The van der Waals surface area contributed by atoms with E-state index in [9.17, 15) is 9.59 Å². The summed E-state index contributed by atoms with van der Waals surface area (Å²) in [5.41, 5.74) is 3.09. The van der Waals surface area contributed by atoms with Gasteiger partial charge in [-0.1, -0.05) is 37.1 Å². The lowest BCUT2D eigenvalue weighted by Gasteiger charge is -2.30. The molecular weight excluding hydrogens is 392 g/mol. The molecule has 0 aromatic heterocycles. The Balaban J connectivity index is 1.26. The van der Waals surface area contributed by atoms with Crippen molar-refractivity contribution >= 4 is 17.5 Å². The average molecular weight is 421 g/mol. The zero-order chi connectivity index (χ0) is 21.2. The van der Waals surface area contributed by atoms with Crippen LogP contribution in [-0.2, 0) is 22.6 Å². The van der Waals surface area contributed by atoms with Gasteiger partial charge >= 0.3 is 0 Å². The Kier molecular flexibility index (Phi) is 5.53. The summed E-state index contributed by atoms with van der Waals surface area (Å²) in [7, 11) is 0. The Hall–Kier alpha value is -3.02. The van der Waals surface area contributed by atoms with Crippen molar-refractivity contribution in [2.45, 2.75) is 57.5 Å². The highest BCUT2D eigenvalue weighted by Gasteiger charge is 2.30. The first-order valence-electron chi connectivity index (χ1n) is 11.2. The van der Waals surface area contributed by atoms with Crippen molar-refractivity contribution in [2.75, 3.05) is 12.1 Å². The van der Waals surface area contributed by atoms with Crippen LogP contribution in [0.3, 0.4) is 0 Å². The number of anilines is 1. The van der Waals surface area contributed by atoms with Crippen LogP contribution in [0, 0.1) is 5.92 Å².